The first-order valence-corrected chi connectivity index (χ1v) is 32.4. The highest BCUT2D eigenvalue weighted by Crippen LogP contribution is 2.50. The van der Waals surface area contributed by atoms with Crippen LogP contribution in [0, 0.1) is 5.92 Å². The van der Waals surface area contributed by atoms with Gasteiger partial charge in [0.25, 0.3) is 0 Å². The maximum absolute atomic E-state index is 16.0. The van der Waals surface area contributed by atoms with Gasteiger partial charge < -0.3 is 128 Å². The van der Waals surface area contributed by atoms with Crippen molar-refractivity contribution in [2.24, 2.45) is 17.4 Å². The zero-order valence-corrected chi connectivity index (χ0v) is 55.8. The van der Waals surface area contributed by atoms with Gasteiger partial charge in [0.15, 0.2) is 29.9 Å². The van der Waals surface area contributed by atoms with Crippen molar-refractivity contribution in [2.75, 3.05) is 13.7 Å². The van der Waals surface area contributed by atoms with Gasteiger partial charge in [0.1, 0.15) is 89.5 Å². The standard InChI is InChI=1S/C66H75Cl2N9O24/c1-23(2)12-34(71-5)58(88)76-49-51(83)26-7-10-38(32(67)14-26)97-40-16-28-17-41(55(40)101-65-56(54(86)53(85)42(22-78)99-65)100-44-21-66(4,70)57(87)24(3)96-44)98-39-11-8-27(15-33(39)68)52(84)50-63(93)75-48(64(94)95)31-18-29(79)19-37(81)45(31)30-13-25(6-9-36(30)80)46(60(90)77-50)74-61(91)47(28)73-59(89)35(20-43(69)82)72-62(49)92/h6-11,13-19,23-24,34-35,42,44,46-54,56-57,65,71,78-81,83-87H,12,20-22,70H2,1-5H3,(H2,69,82)(H,72,92)(H,73,89)(H,74,91)(H,75,93)(H,76,88)(H,77,90)(H,94,95)/t24?,34-,35+,42?,44?,46?,47?,48+,49-,50+,51-,52-,53?,54?,56?,57?,65?,66?/m1/s1. The van der Waals surface area contributed by atoms with Crippen molar-refractivity contribution in [1.82, 2.24) is 37.2 Å². The number of phenols is 3. The van der Waals surface area contributed by atoms with E-state index in [9.17, 15) is 75.0 Å². The van der Waals surface area contributed by atoms with E-state index in [-0.39, 0.29) is 46.2 Å². The fourth-order valence-electron chi connectivity index (χ4n) is 12.5. The maximum atomic E-state index is 16.0. The second kappa shape index (κ2) is 30.2. The second-order valence-electron chi connectivity index (χ2n) is 25.7. The molecule has 7 aliphatic rings. The van der Waals surface area contributed by atoms with Crippen LogP contribution < -0.4 is 62.9 Å². The zero-order valence-electron chi connectivity index (χ0n) is 54.3. The number of aliphatic hydroxyl groups is 6. The third kappa shape index (κ3) is 15.8. The Morgan fingerprint density at radius 1 is 0.713 bits per heavy atom. The van der Waals surface area contributed by atoms with Gasteiger partial charge in [0.2, 0.25) is 53.4 Å². The van der Waals surface area contributed by atoms with Gasteiger partial charge in [-0.25, -0.2) is 4.79 Å². The molecule has 7 heterocycles. The first-order valence-electron chi connectivity index (χ1n) is 31.6. The van der Waals surface area contributed by atoms with E-state index < -0.39 is 237 Å². The maximum Gasteiger partial charge on any atom is 0.330 e. The number of carbonyl (C=O) groups is 8. The van der Waals surface area contributed by atoms with Crippen molar-refractivity contribution < 1.29 is 118 Å². The molecule has 0 spiro atoms. The molecular formula is C66H75Cl2N9O24. The highest BCUT2D eigenvalue weighted by molar-refractivity contribution is 6.32. The van der Waals surface area contributed by atoms with Crippen molar-refractivity contribution in [3.05, 3.63) is 117 Å². The number of nitrogens with one attached hydrogen (secondary N) is 7. The number of carboxylic acid groups (broad SMARTS) is 1. The van der Waals surface area contributed by atoms with Crippen LogP contribution in [0.15, 0.2) is 78.9 Å². The van der Waals surface area contributed by atoms with Gasteiger partial charge in [0.05, 0.1) is 41.3 Å². The summed E-state index contributed by atoms with van der Waals surface area (Å²) in [5, 5.41) is 131. The quantitative estimate of drug-likeness (QED) is 0.0743. The number of aromatic hydroxyl groups is 3. The largest absolute Gasteiger partial charge is 0.508 e. The lowest BCUT2D eigenvalue weighted by molar-refractivity contribution is -0.333. The molecule has 2 fully saturated rings. The molecule has 0 aliphatic carbocycles. The molecule has 21 N–H and O–H groups in total. The Balaban J connectivity index is 1.24. The molecule has 18 atom stereocenters. The molecule has 5 aromatic carbocycles. The van der Waals surface area contributed by atoms with Gasteiger partial charge in [-0.3, -0.25) is 33.6 Å². The minimum absolute atomic E-state index is 0.0975. The molecule has 11 bridgehead atoms. The third-order valence-electron chi connectivity index (χ3n) is 17.8. The van der Waals surface area contributed by atoms with E-state index in [2.05, 4.69) is 37.2 Å². The Hall–Kier alpha value is -9.20. The molecule has 12 rings (SSSR count). The van der Waals surface area contributed by atoms with Crippen LogP contribution in [0.25, 0.3) is 11.1 Å². The van der Waals surface area contributed by atoms with Gasteiger partial charge in [-0.05, 0) is 110 Å². The van der Waals surface area contributed by atoms with Crippen LogP contribution in [0.4, 0.5) is 0 Å². The first kappa shape index (κ1) is 74.5. The summed E-state index contributed by atoms with van der Waals surface area (Å²) in [7, 11) is 1.47. The number of nitrogens with two attached hydrogens (primary N) is 2. The van der Waals surface area contributed by atoms with Crippen molar-refractivity contribution >= 4 is 70.5 Å². The number of likely N-dealkylation sites (N-methyl/N-ethyl adjacent to an activating group) is 1. The van der Waals surface area contributed by atoms with Crippen LogP contribution in [0.1, 0.15) is 105 Å². The van der Waals surface area contributed by atoms with Crippen molar-refractivity contribution in [2.45, 2.75) is 156 Å². The summed E-state index contributed by atoms with van der Waals surface area (Å²) in [5.74, 6) is -16.0. The van der Waals surface area contributed by atoms with Gasteiger partial charge in [-0.15, -0.1) is 0 Å². The summed E-state index contributed by atoms with van der Waals surface area (Å²) in [6, 6.07) is -0.679. The van der Waals surface area contributed by atoms with E-state index in [0.717, 1.165) is 66.7 Å². The molecule has 0 radical (unpaired) electrons. The molecule has 7 amide bonds. The number of aliphatic hydroxyl groups excluding tert-OH is 6. The predicted octanol–water partition coefficient (Wildman–Crippen LogP) is 0.106. The number of ether oxygens (including phenoxy) is 6. The lowest BCUT2D eigenvalue weighted by Gasteiger charge is -2.47. The number of rotatable bonds is 13. The average Bonchev–Trinajstić information content (AvgIpc) is 0.775. The fraction of sp³-hybridized carbons (Fsp3) is 0.424. The van der Waals surface area contributed by atoms with Gasteiger partial charge in [-0.2, -0.15) is 0 Å². The van der Waals surface area contributed by atoms with Crippen molar-refractivity contribution in [3.63, 3.8) is 0 Å². The molecule has 0 aromatic heterocycles. The summed E-state index contributed by atoms with van der Waals surface area (Å²) >= 11 is 14.1. The lowest BCUT2D eigenvalue weighted by Crippen LogP contribution is -2.64. The van der Waals surface area contributed by atoms with E-state index in [1.807, 2.05) is 13.8 Å². The van der Waals surface area contributed by atoms with E-state index in [1.165, 1.54) is 33.0 Å². The molecule has 101 heavy (non-hydrogen) atoms. The smallest absolute Gasteiger partial charge is 0.330 e. The van der Waals surface area contributed by atoms with E-state index in [0.29, 0.717) is 0 Å². The van der Waals surface area contributed by atoms with Crippen LogP contribution >= 0.6 is 23.2 Å². The summed E-state index contributed by atoms with van der Waals surface area (Å²) in [5.41, 5.74) is 8.00. The Kier molecular flexibility index (Phi) is 22.2. The number of hydrogen-bond donors (Lipinski definition) is 19. The van der Waals surface area contributed by atoms with Crippen LogP contribution in [0.3, 0.4) is 0 Å². The molecule has 0 saturated carbocycles. The number of amides is 7. The van der Waals surface area contributed by atoms with E-state index in [1.54, 1.807) is 0 Å². The summed E-state index contributed by atoms with van der Waals surface area (Å²) < 4.78 is 38.3. The molecule has 5 aromatic rings. The topological polar surface area (TPSA) is 530 Å². The number of carboxylic acids is 1. The number of hydrogen-bond acceptors (Lipinski definition) is 25. The number of fused-ring (bicyclic) bond motifs is 15. The van der Waals surface area contributed by atoms with Gasteiger partial charge in [-0.1, -0.05) is 55.2 Å². The molecule has 2 saturated heterocycles. The monoisotopic (exact) mass is 1450 g/mol. The minimum atomic E-state index is -2.35. The molecule has 33 nitrogen and oxygen atoms in total. The molecule has 7 aliphatic heterocycles. The van der Waals surface area contributed by atoms with Crippen LogP contribution in [-0.4, -0.2) is 191 Å². The highest BCUT2D eigenvalue weighted by Gasteiger charge is 2.51. The molecule has 35 heteroatoms. The number of benzene rings is 5. The van der Waals surface area contributed by atoms with Crippen molar-refractivity contribution in [1.29, 1.82) is 0 Å². The number of halogens is 2. The SMILES string of the molecule is CN[C@H](CC(C)C)C(=O)N[C@H]1C(=O)N[C@@H](CC(N)=O)C(=O)NC2C(=O)NC3C(=O)N[C@H](C(=O)N[C@H](C(=O)O)c4cc(O)cc(O)c4-c4cc3ccc4O)[C@H](O)c3ccc(c(Cl)c3)Oc3cc2cc(c3OC2OC(CO)C(O)C(O)C2OC2CC(C)(N)C(O)C(C)O2)Oc2ccc(cc2Cl)[C@H]1O. The van der Waals surface area contributed by atoms with E-state index >= 15 is 14.4 Å². The Morgan fingerprint density at radius 3 is 1.90 bits per heavy atom. The molecule has 11 unspecified atom stereocenters. The highest BCUT2D eigenvalue weighted by atomic mass is 35.5. The number of primary amides is 1. The third-order valence-corrected chi connectivity index (χ3v) is 18.4. The normalized spacial score (nSPS) is 29.4. The molecular weight excluding hydrogens is 1370 g/mol. The van der Waals surface area contributed by atoms with Crippen LogP contribution in [0.2, 0.25) is 10.0 Å². The summed E-state index contributed by atoms with van der Waals surface area (Å²) in [6.07, 6.45) is -18.6. The van der Waals surface area contributed by atoms with Crippen molar-refractivity contribution in [3.8, 4) is 57.1 Å². The minimum Gasteiger partial charge on any atom is -0.508 e. The average molecular weight is 1450 g/mol. The number of aliphatic carboxylic acids is 1. The zero-order chi connectivity index (χ0) is 73.5. The van der Waals surface area contributed by atoms with E-state index in [4.69, 9.17) is 63.1 Å². The lowest BCUT2D eigenvalue weighted by atomic mass is 9.86. The van der Waals surface area contributed by atoms with Crippen LogP contribution in [0.5, 0.6) is 46.0 Å². The molecule has 542 valence electrons. The summed E-state index contributed by atoms with van der Waals surface area (Å²) in [6.45, 7) is 5.66. The number of phenolic OH excluding ortho intramolecular Hbond substituents is 3. The predicted molar refractivity (Wildman–Crippen MR) is 349 cm³/mol. The first-order chi connectivity index (χ1) is 47.7. The fourth-order valence-corrected chi connectivity index (χ4v) is 12.9. The second-order valence-corrected chi connectivity index (χ2v) is 26.5. The Labute approximate surface area is 584 Å². The van der Waals surface area contributed by atoms with Crippen LogP contribution in [-0.2, 0) is 52.6 Å². The Bertz CT molecular complexity index is 4070. The number of carbonyl (C=O) groups excluding carboxylic acids is 7. The van der Waals surface area contributed by atoms with Gasteiger partial charge in [0, 0.05) is 34.7 Å². The summed E-state index contributed by atoms with van der Waals surface area (Å²) in [4.78, 5) is 117. The Morgan fingerprint density at radius 2 is 1.32 bits per heavy atom. The van der Waals surface area contributed by atoms with Gasteiger partial charge >= 0.3 is 5.97 Å².